The number of hydrogen-bond acceptors (Lipinski definition) is 1. The lowest BCUT2D eigenvalue weighted by Crippen LogP contribution is -2.03. The van der Waals surface area contributed by atoms with Gasteiger partial charge in [-0.2, -0.15) is 0 Å². The van der Waals surface area contributed by atoms with Gasteiger partial charge in [-0.15, -0.1) is 0 Å². The molecule has 1 unspecified atom stereocenters. The monoisotopic (exact) mass is 204 g/mol. The summed E-state index contributed by atoms with van der Waals surface area (Å²) in [5.41, 5.74) is 2.31. The van der Waals surface area contributed by atoms with Gasteiger partial charge in [0.1, 0.15) is 0 Å². The van der Waals surface area contributed by atoms with Crippen molar-refractivity contribution in [3.63, 3.8) is 0 Å². The van der Waals surface area contributed by atoms with Crippen LogP contribution < -0.4 is 0 Å². The lowest BCUT2D eigenvalue weighted by atomic mass is 9.94. The molecule has 0 fully saturated rings. The number of aliphatic hydroxyl groups is 1. The average Bonchev–Trinajstić information content (AvgIpc) is 2.26. The zero-order chi connectivity index (χ0) is 11.3. The molecule has 0 saturated carbocycles. The Morgan fingerprint density at radius 2 is 1.87 bits per heavy atom. The maximum absolute atomic E-state index is 10.0. The molecular weight excluding hydrogens is 184 g/mol. The van der Waals surface area contributed by atoms with Crippen molar-refractivity contribution in [3.8, 4) is 0 Å². The zero-order valence-electron chi connectivity index (χ0n) is 9.77. The van der Waals surface area contributed by atoms with Gasteiger partial charge in [-0.05, 0) is 24.8 Å². The van der Waals surface area contributed by atoms with E-state index in [-0.39, 0.29) is 6.10 Å². The van der Waals surface area contributed by atoms with Crippen LogP contribution in [-0.2, 0) is 0 Å². The standard InChI is InChI=1S/C14H20O/c1-4-12(11(2)3)10-14(15)13-8-6-5-7-9-13/h4-9,11,14-15H,10H2,1-3H3/b12-4-. The van der Waals surface area contributed by atoms with Crippen LogP contribution in [0.15, 0.2) is 42.0 Å². The fourth-order valence-electron chi connectivity index (χ4n) is 1.70. The molecule has 1 aromatic rings. The van der Waals surface area contributed by atoms with E-state index >= 15 is 0 Å². The summed E-state index contributed by atoms with van der Waals surface area (Å²) in [7, 11) is 0. The van der Waals surface area contributed by atoms with Crippen molar-refractivity contribution in [3.05, 3.63) is 47.5 Å². The highest BCUT2D eigenvalue weighted by atomic mass is 16.3. The van der Waals surface area contributed by atoms with E-state index in [2.05, 4.69) is 19.9 Å². The van der Waals surface area contributed by atoms with Crippen LogP contribution >= 0.6 is 0 Å². The molecule has 1 N–H and O–H groups in total. The molecule has 0 saturated heterocycles. The summed E-state index contributed by atoms with van der Waals surface area (Å²) in [6.45, 7) is 6.35. The molecule has 0 aliphatic heterocycles. The van der Waals surface area contributed by atoms with Crippen molar-refractivity contribution in [1.82, 2.24) is 0 Å². The van der Waals surface area contributed by atoms with Crippen molar-refractivity contribution in [1.29, 1.82) is 0 Å². The minimum Gasteiger partial charge on any atom is -0.388 e. The molecule has 82 valence electrons. The molecule has 0 aliphatic carbocycles. The third-order valence-corrected chi connectivity index (χ3v) is 2.73. The minimum absolute atomic E-state index is 0.375. The molecule has 1 atom stereocenters. The van der Waals surface area contributed by atoms with Crippen molar-refractivity contribution < 1.29 is 5.11 Å². The second-order valence-corrected chi connectivity index (χ2v) is 4.15. The van der Waals surface area contributed by atoms with Gasteiger partial charge in [0.15, 0.2) is 0 Å². The highest BCUT2D eigenvalue weighted by Gasteiger charge is 2.11. The number of aliphatic hydroxyl groups excluding tert-OH is 1. The molecule has 15 heavy (non-hydrogen) atoms. The second kappa shape index (κ2) is 5.72. The SMILES string of the molecule is C/C=C(/CC(O)c1ccccc1)C(C)C. The van der Waals surface area contributed by atoms with Crippen LogP contribution in [0.4, 0.5) is 0 Å². The van der Waals surface area contributed by atoms with E-state index < -0.39 is 0 Å². The normalized spacial score (nSPS) is 14.3. The molecule has 0 amide bonds. The highest BCUT2D eigenvalue weighted by Crippen LogP contribution is 2.24. The summed E-state index contributed by atoms with van der Waals surface area (Å²) in [5.74, 6) is 0.508. The van der Waals surface area contributed by atoms with E-state index in [1.807, 2.05) is 37.3 Å². The molecule has 1 aromatic carbocycles. The molecule has 0 radical (unpaired) electrons. The van der Waals surface area contributed by atoms with Gasteiger partial charge in [0.2, 0.25) is 0 Å². The van der Waals surface area contributed by atoms with Gasteiger partial charge in [0.05, 0.1) is 6.10 Å². The van der Waals surface area contributed by atoms with Crippen LogP contribution in [0.3, 0.4) is 0 Å². The van der Waals surface area contributed by atoms with E-state index in [1.54, 1.807) is 0 Å². The molecule has 0 aromatic heterocycles. The first kappa shape index (κ1) is 12.0. The molecule has 0 aliphatic rings. The summed E-state index contributed by atoms with van der Waals surface area (Å²) < 4.78 is 0. The van der Waals surface area contributed by atoms with Crippen LogP contribution in [0.25, 0.3) is 0 Å². The lowest BCUT2D eigenvalue weighted by molar-refractivity contribution is 0.175. The summed E-state index contributed by atoms with van der Waals surface area (Å²) in [6.07, 6.45) is 2.47. The number of benzene rings is 1. The van der Waals surface area contributed by atoms with Crippen LogP contribution in [-0.4, -0.2) is 5.11 Å². The largest absolute Gasteiger partial charge is 0.388 e. The fourth-order valence-corrected chi connectivity index (χ4v) is 1.70. The summed E-state index contributed by atoms with van der Waals surface area (Å²) in [6, 6.07) is 9.83. The topological polar surface area (TPSA) is 20.2 Å². The van der Waals surface area contributed by atoms with Crippen LogP contribution in [0.2, 0.25) is 0 Å². The Morgan fingerprint density at radius 3 is 2.33 bits per heavy atom. The number of hydrogen-bond donors (Lipinski definition) is 1. The summed E-state index contributed by atoms with van der Waals surface area (Å²) in [4.78, 5) is 0. The minimum atomic E-state index is -0.375. The van der Waals surface area contributed by atoms with E-state index in [0.29, 0.717) is 5.92 Å². The van der Waals surface area contributed by atoms with Crippen molar-refractivity contribution in [2.75, 3.05) is 0 Å². The lowest BCUT2D eigenvalue weighted by Gasteiger charge is -2.16. The quantitative estimate of drug-likeness (QED) is 0.741. The third kappa shape index (κ3) is 3.52. The van der Waals surface area contributed by atoms with Gasteiger partial charge in [0.25, 0.3) is 0 Å². The molecular formula is C14H20O. The Morgan fingerprint density at radius 1 is 1.27 bits per heavy atom. The Balaban J connectivity index is 2.67. The molecule has 1 heteroatoms. The average molecular weight is 204 g/mol. The zero-order valence-corrected chi connectivity index (χ0v) is 9.77. The molecule has 0 bridgehead atoms. The molecule has 0 heterocycles. The van der Waals surface area contributed by atoms with Crippen LogP contribution in [0.5, 0.6) is 0 Å². The first-order chi connectivity index (χ1) is 7.15. The molecule has 1 nitrogen and oxygen atoms in total. The van der Waals surface area contributed by atoms with E-state index in [0.717, 1.165) is 12.0 Å². The van der Waals surface area contributed by atoms with Gasteiger partial charge in [0, 0.05) is 0 Å². The molecule has 0 spiro atoms. The van der Waals surface area contributed by atoms with E-state index in [1.165, 1.54) is 5.57 Å². The van der Waals surface area contributed by atoms with Crippen molar-refractivity contribution in [2.45, 2.75) is 33.3 Å². The maximum atomic E-state index is 10.0. The maximum Gasteiger partial charge on any atom is 0.0827 e. The Kier molecular flexibility index (Phi) is 4.57. The number of rotatable bonds is 4. The predicted molar refractivity (Wildman–Crippen MR) is 64.6 cm³/mol. The van der Waals surface area contributed by atoms with Crippen molar-refractivity contribution in [2.24, 2.45) is 5.92 Å². The fraction of sp³-hybridized carbons (Fsp3) is 0.429. The third-order valence-electron chi connectivity index (χ3n) is 2.73. The predicted octanol–water partition coefficient (Wildman–Crippen LogP) is 3.71. The highest BCUT2D eigenvalue weighted by molar-refractivity contribution is 5.19. The van der Waals surface area contributed by atoms with Gasteiger partial charge < -0.3 is 5.11 Å². The van der Waals surface area contributed by atoms with Crippen molar-refractivity contribution >= 4 is 0 Å². The van der Waals surface area contributed by atoms with E-state index in [9.17, 15) is 5.11 Å². The Bertz CT molecular complexity index is 311. The Labute approximate surface area is 92.5 Å². The van der Waals surface area contributed by atoms with Gasteiger partial charge in [-0.1, -0.05) is 55.8 Å². The summed E-state index contributed by atoms with van der Waals surface area (Å²) >= 11 is 0. The van der Waals surface area contributed by atoms with Gasteiger partial charge in [-0.25, -0.2) is 0 Å². The van der Waals surface area contributed by atoms with Gasteiger partial charge in [-0.3, -0.25) is 0 Å². The second-order valence-electron chi connectivity index (χ2n) is 4.15. The van der Waals surface area contributed by atoms with Crippen LogP contribution in [0.1, 0.15) is 38.9 Å². The molecule has 1 rings (SSSR count). The first-order valence-electron chi connectivity index (χ1n) is 5.53. The van der Waals surface area contributed by atoms with E-state index in [4.69, 9.17) is 0 Å². The summed E-state index contributed by atoms with van der Waals surface area (Å²) in [5, 5.41) is 10.0. The number of allylic oxidation sites excluding steroid dienone is 1. The smallest absolute Gasteiger partial charge is 0.0827 e. The first-order valence-corrected chi connectivity index (χ1v) is 5.53. The Hall–Kier alpha value is -1.08. The van der Waals surface area contributed by atoms with Gasteiger partial charge >= 0.3 is 0 Å². The van der Waals surface area contributed by atoms with Crippen LogP contribution in [0, 0.1) is 5.92 Å².